The molecule has 3 amide bonds. The van der Waals surface area contributed by atoms with E-state index in [2.05, 4.69) is 5.32 Å². The number of nitrogens with zero attached hydrogens (tertiary/aromatic N) is 1. The van der Waals surface area contributed by atoms with Gasteiger partial charge in [-0.3, -0.25) is 9.59 Å². The van der Waals surface area contributed by atoms with Crippen LogP contribution in [0.1, 0.15) is 10.4 Å². The van der Waals surface area contributed by atoms with Gasteiger partial charge < -0.3 is 21.1 Å². The van der Waals surface area contributed by atoms with E-state index in [9.17, 15) is 27.6 Å². The summed E-state index contributed by atoms with van der Waals surface area (Å²) in [7, 11) is 0. The molecule has 4 N–H and O–H groups in total. The summed E-state index contributed by atoms with van der Waals surface area (Å²) >= 11 is 0. The second kappa shape index (κ2) is 6.38. The normalized spacial score (nSPS) is 20.7. The highest BCUT2D eigenvalue weighted by Crippen LogP contribution is 2.38. The zero-order valence-corrected chi connectivity index (χ0v) is 12.2. The Labute approximate surface area is 134 Å². The van der Waals surface area contributed by atoms with E-state index in [0.29, 0.717) is 0 Å². The van der Waals surface area contributed by atoms with E-state index >= 15 is 0 Å². The van der Waals surface area contributed by atoms with Gasteiger partial charge >= 0.3 is 18.2 Å². The predicted octanol–water partition coefficient (Wildman–Crippen LogP) is 1.51. The zero-order chi connectivity index (χ0) is 18.1. The molecule has 0 unspecified atom stereocenters. The zero-order valence-electron chi connectivity index (χ0n) is 12.2. The number of anilines is 1. The van der Waals surface area contributed by atoms with Crippen molar-refractivity contribution in [3.05, 3.63) is 29.8 Å². The molecule has 0 spiro atoms. The van der Waals surface area contributed by atoms with Gasteiger partial charge in [-0.05, 0) is 18.2 Å². The molecule has 1 aromatic rings. The number of benzene rings is 1. The van der Waals surface area contributed by atoms with Crippen LogP contribution in [0.3, 0.4) is 0 Å². The van der Waals surface area contributed by atoms with Gasteiger partial charge in [-0.25, -0.2) is 4.79 Å². The number of urea groups is 1. The summed E-state index contributed by atoms with van der Waals surface area (Å²) in [5.41, 5.74) is 5.18. The number of rotatable bonds is 3. The lowest BCUT2D eigenvalue weighted by Gasteiger charge is -2.18. The summed E-state index contributed by atoms with van der Waals surface area (Å²) in [6, 6.07) is 4.62. The van der Waals surface area contributed by atoms with E-state index in [1.54, 1.807) is 0 Å². The number of aliphatic carboxylic acids is 1. The molecular formula is C14H14F3N3O4. The Bertz CT molecular complexity index is 677. The van der Waals surface area contributed by atoms with E-state index in [1.807, 2.05) is 0 Å². The van der Waals surface area contributed by atoms with Crippen LogP contribution in [0, 0.1) is 11.8 Å². The van der Waals surface area contributed by atoms with Crippen molar-refractivity contribution in [3.8, 4) is 0 Å². The SMILES string of the molecule is NC(=O)Nc1cccc(C(=O)N2C[C@@H](C(F)(F)F)[C@H](C(=O)O)C2)c1. The number of primary amides is 1. The third-order valence-electron chi connectivity index (χ3n) is 3.72. The third kappa shape index (κ3) is 3.76. The molecule has 1 heterocycles. The number of likely N-dealkylation sites (tertiary alicyclic amines) is 1. The molecule has 0 aliphatic carbocycles. The first kappa shape index (κ1) is 17.6. The number of carbonyl (C=O) groups excluding carboxylic acids is 2. The molecule has 2 rings (SSSR count). The fourth-order valence-corrected chi connectivity index (χ4v) is 2.61. The van der Waals surface area contributed by atoms with Gasteiger partial charge in [0.1, 0.15) is 0 Å². The lowest BCUT2D eigenvalue weighted by atomic mass is 9.96. The van der Waals surface area contributed by atoms with Crippen molar-refractivity contribution >= 4 is 23.6 Å². The number of halogens is 3. The molecule has 0 bridgehead atoms. The van der Waals surface area contributed by atoms with Crippen molar-refractivity contribution in [1.29, 1.82) is 0 Å². The second-order valence-electron chi connectivity index (χ2n) is 5.37. The molecule has 0 saturated carbocycles. The first-order chi connectivity index (χ1) is 11.1. The molecule has 1 aliphatic heterocycles. The number of hydrogen-bond donors (Lipinski definition) is 3. The Balaban J connectivity index is 2.21. The number of hydrogen-bond acceptors (Lipinski definition) is 3. The maximum absolute atomic E-state index is 13.0. The summed E-state index contributed by atoms with van der Waals surface area (Å²) in [5, 5.41) is 11.2. The average Bonchev–Trinajstić information content (AvgIpc) is 2.91. The van der Waals surface area contributed by atoms with Gasteiger partial charge in [-0.1, -0.05) is 6.07 Å². The van der Waals surface area contributed by atoms with Crippen LogP contribution in [0.5, 0.6) is 0 Å². The van der Waals surface area contributed by atoms with Gasteiger partial charge in [0.2, 0.25) is 0 Å². The first-order valence-corrected chi connectivity index (χ1v) is 6.85. The molecule has 1 saturated heterocycles. The molecule has 2 atom stereocenters. The van der Waals surface area contributed by atoms with Gasteiger partial charge in [0, 0.05) is 24.3 Å². The van der Waals surface area contributed by atoms with E-state index in [4.69, 9.17) is 10.8 Å². The van der Waals surface area contributed by atoms with Crippen molar-refractivity contribution < 1.29 is 32.7 Å². The summed E-state index contributed by atoms with van der Waals surface area (Å²) in [4.78, 5) is 35.0. The molecule has 130 valence electrons. The van der Waals surface area contributed by atoms with Crippen molar-refractivity contribution in [1.82, 2.24) is 4.90 Å². The van der Waals surface area contributed by atoms with Gasteiger partial charge in [-0.15, -0.1) is 0 Å². The van der Waals surface area contributed by atoms with Crippen LogP contribution in [0.25, 0.3) is 0 Å². The fraction of sp³-hybridized carbons (Fsp3) is 0.357. The Morgan fingerprint density at radius 3 is 2.42 bits per heavy atom. The molecule has 10 heteroatoms. The number of carboxylic acid groups (broad SMARTS) is 1. The largest absolute Gasteiger partial charge is 0.481 e. The number of carboxylic acids is 1. The monoisotopic (exact) mass is 345 g/mol. The summed E-state index contributed by atoms with van der Waals surface area (Å²) in [6.07, 6.45) is -4.71. The Morgan fingerprint density at radius 1 is 1.25 bits per heavy atom. The number of alkyl halides is 3. The van der Waals surface area contributed by atoms with E-state index in [-0.39, 0.29) is 11.3 Å². The smallest absolute Gasteiger partial charge is 0.394 e. The summed E-state index contributed by atoms with van der Waals surface area (Å²) in [5.74, 6) is -6.18. The van der Waals surface area contributed by atoms with Crippen LogP contribution in [-0.2, 0) is 4.79 Å². The Hall–Kier alpha value is -2.78. The summed E-state index contributed by atoms with van der Waals surface area (Å²) < 4.78 is 38.9. The molecule has 1 aromatic carbocycles. The maximum atomic E-state index is 13.0. The fourth-order valence-electron chi connectivity index (χ4n) is 2.61. The standard InChI is InChI=1S/C14H14F3N3O4/c15-14(16,17)10-6-20(5-9(10)12(22)23)11(21)7-2-1-3-8(4-7)19-13(18)24/h1-4,9-10H,5-6H2,(H,22,23)(H3,18,19,24)/t9-,10-/m1/s1. The van der Waals surface area contributed by atoms with Gasteiger partial charge in [0.05, 0.1) is 11.8 Å². The highest BCUT2D eigenvalue weighted by atomic mass is 19.4. The minimum absolute atomic E-state index is 0.0215. The topological polar surface area (TPSA) is 113 Å². The highest BCUT2D eigenvalue weighted by Gasteiger charge is 2.53. The molecule has 1 fully saturated rings. The first-order valence-electron chi connectivity index (χ1n) is 6.85. The molecule has 1 aliphatic rings. The lowest BCUT2D eigenvalue weighted by molar-refractivity contribution is -0.187. The van der Waals surface area contributed by atoms with Gasteiger partial charge in [0.25, 0.3) is 5.91 Å². The molecule has 7 nitrogen and oxygen atoms in total. The maximum Gasteiger partial charge on any atom is 0.394 e. The minimum atomic E-state index is -4.71. The van der Waals surface area contributed by atoms with Crippen LogP contribution in [0.4, 0.5) is 23.7 Å². The van der Waals surface area contributed by atoms with Crippen molar-refractivity contribution in [2.24, 2.45) is 17.6 Å². The quantitative estimate of drug-likeness (QED) is 0.771. The van der Waals surface area contributed by atoms with Gasteiger partial charge in [0.15, 0.2) is 0 Å². The van der Waals surface area contributed by atoms with Crippen LogP contribution in [0.2, 0.25) is 0 Å². The highest BCUT2D eigenvalue weighted by molar-refractivity contribution is 5.97. The van der Waals surface area contributed by atoms with Crippen LogP contribution in [-0.4, -0.2) is 47.2 Å². The minimum Gasteiger partial charge on any atom is -0.481 e. The summed E-state index contributed by atoms with van der Waals surface area (Å²) in [6.45, 7) is -1.27. The second-order valence-corrected chi connectivity index (χ2v) is 5.37. The molecular weight excluding hydrogens is 331 g/mol. The van der Waals surface area contributed by atoms with Crippen molar-refractivity contribution in [3.63, 3.8) is 0 Å². The molecule has 24 heavy (non-hydrogen) atoms. The van der Waals surface area contributed by atoms with Crippen LogP contribution >= 0.6 is 0 Å². The number of nitrogens with two attached hydrogens (primary N) is 1. The van der Waals surface area contributed by atoms with Crippen LogP contribution in [0.15, 0.2) is 24.3 Å². The Morgan fingerprint density at radius 2 is 1.92 bits per heavy atom. The van der Waals surface area contributed by atoms with Crippen molar-refractivity contribution in [2.75, 3.05) is 18.4 Å². The van der Waals surface area contributed by atoms with E-state index in [0.717, 1.165) is 4.90 Å². The van der Waals surface area contributed by atoms with Crippen molar-refractivity contribution in [2.45, 2.75) is 6.18 Å². The van der Waals surface area contributed by atoms with E-state index in [1.165, 1.54) is 24.3 Å². The number of nitrogens with one attached hydrogen (secondary N) is 1. The lowest BCUT2D eigenvalue weighted by Crippen LogP contribution is -2.34. The predicted molar refractivity (Wildman–Crippen MR) is 76.2 cm³/mol. The van der Waals surface area contributed by atoms with Crippen LogP contribution < -0.4 is 11.1 Å². The molecule has 0 aromatic heterocycles. The number of amides is 3. The Kier molecular flexibility index (Phi) is 4.67. The van der Waals surface area contributed by atoms with E-state index < -0.39 is 49.0 Å². The third-order valence-corrected chi connectivity index (χ3v) is 3.72. The average molecular weight is 345 g/mol. The number of carbonyl (C=O) groups is 3. The molecule has 0 radical (unpaired) electrons. The van der Waals surface area contributed by atoms with Gasteiger partial charge in [-0.2, -0.15) is 13.2 Å².